The van der Waals surface area contributed by atoms with Gasteiger partial charge in [0.2, 0.25) is 15.9 Å². The number of nitrogens with zero attached hydrogens (tertiary/aromatic N) is 3. The van der Waals surface area contributed by atoms with E-state index in [-0.39, 0.29) is 42.9 Å². The minimum absolute atomic E-state index is 0.0361. The van der Waals surface area contributed by atoms with Crippen LogP contribution in [0.2, 0.25) is 0 Å². The highest BCUT2D eigenvalue weighted by molar-refractivity contribution is 7.89. The number of halogens is 1. The normalized spacial score (nSPS) is 21.1. The monoisotopic (exact) mass is 455 g/mol. The fourth-order valence-corrected chi connectivity index (χ4v) is 5.26. The molecule has 2 saturated heterocycles. The van der Waals surface area contributed by atoms with Crippen molar-refractivity contribution in [1.29, 1.82) is 0 Å². The molecular formula is C21H30FN3O5S. The summed E-state index contributed by atoms with van der Waals surface area (Å²) >= 11 is 0. The van der Waals surface area contributed by atoms with Crippen molar-refractivity contribution in [1.82, 2.24) is 14.1 Å². The Kier molecular flexibility index (Phi) is 6.90. The van der Waals surface area contributed by atoms with Gasteiger partial charge in [0.25, 0.3) is 0 Å². The average molecular weight is 456 g/mol. The molecule has 1 aromatic carbocycles. The lowest BCUT2D eigenvalue weighted by Gasteiger charge is -2.38. The van der Waals surface area contributed by atoms with Gasteiger partial charge in [0.1, 0.15) is 11.4 Å². The molecule has 10 heteroatoms. The van der Waals surface area contributed by atoms with E-state index < -0.39 is 27.5 Å². The molecule has 0 aromatic heterocycles. The molecular weight excluding hydrogens is 425 g/mol. The Hall–Kier alpha value is -2.20. The molecule has 3 rings (SSSR count). The number of rotatable bonds is 3. The van der Waals surface area contributed by atoms with E-state index in [0.29, 0.717) is 25.9 Å². The standard InChI is InChI=1S/C21H30FN3O5S/c1-21(2,3)30-20(27)24-10-4-5-16(15-24)19(26)23-11-13-25(14-12-23)31(28,29)18-8-6-17(22)7-9-18/h6-9,16H,4-5,10-15H2,1-3H3/t16-/m1/s1. The van der Waals surface area contributed by atoms with Crippen molar-refractivity contribution in [3.05, 3.63) is 30.1 Å². The number of hydrogen-bond acceptors (Lipinski definition) is 5. The Morgan fingerprint density at radius 1 is 1.00 bits per heavy atom. The van der Waals surface area contributed by atoms with Gasteiger partial charge in [-0.3, -0.25) is 4.79 Å². The first-order valence-electron chi connectivity index (χ1n) is 10.5. The first-order chi connectivity index (χ1) is 14.5. The number of carbonyl (C=O) groups is 2. The number of piperidine rings is 1. The van der Waals surface area contributed by atoms with Crippen molar-refractivity contribution in [2.45, 2.75) is 44.1 Å². The number of likely N-dealkylation sites (tertiary alicyclic amines) is 1. The highest BCUT2D eigenvalue weighted by Gasteiger charge is 2.36. The Labute approximate surface area is 183 Å². The lowest BCUT2D eigenvalue weighted by Crippen LogP contribution is -2.54. The molecule has 31 heavy (non-hydrogen) atoms. The van der Waals surface area contributed by atoms with Crippen LogP contribution in [0.15, 0.2) is 29.2 Å². The van der Waals surface area contributed by atoms with Crippen molar-refractivity contribution in [3.63, 3.8) is 0 Å². The van der Waals surface area contributed by atoms with Crippen molar-refractivity contribution in [2.24, 2.45) is 5.92 Å². The maximum atomic E-state index is 13.1. The minimum atomic E-state index is -3.73. The van der Waals surface area contributed by atoms with Gasteiger partial charge < -0.3 is 14.5 Å². The van der Waals surface area contributed by atoms with Gasteiger partial charge in [-0.05, 0) is 57.9 Å². The minimum Gasteiger partial charge on any atom is -0.444 e. The van der Waals surface area contributed by atoms with E-state index in [2.05, 4.69) is 0 Å². The smallest absolute Gasteiger partial charge is 0.410 e. The van der Waals surface area contributed by atoms with Crippen LogP contribution >= 0.6 is 0 Å². The average Bonchev–Trinajstić information content (AvgIpc) is 2.72. The summed E-state index contributed by atoms with van der Waals surface area (Å²) in [4.78, 5) is 28.6. The van der Waals surface area contributed by atoms with Gasteiger partial charge in [0.15, 0.2) is 0 Å². The molecule has 2 heterocycles. The summed E-state index contributed by atoms with van der Waals surface area (Å²) in [5, 5.41) is 0. The quantitative estimate of drug-likeness (QED) is 0.698. The molecule has 0 aliphatic carbocycles. The maximum absolute atomic E-state index is 13.1. The zero-order valence-electron chi connectivity index (χ0n) is 18.2. The topological polar surface area (TPSA) is 87.2 Å². The molecule has 2 fully saturated rings. The van der Waals surface area contributed by atoms with Crippen LogP contribution in [0.25, 0.3) is 0 Å². The molecule has 0 unspecified atom stereocenters. The number of sulfonamides is 1. The summed E-state index contributed by atoms with van der Waals surface area (Å²) in [5.74, 6) is -0.879. The van der Waals surface area contributed by atoms with Crippen LogP contribution in [-0.2, 0) is 19.6 Å². The van der Waals surface area contributed by atoms with Crippen LogP contribution in [-0.4, -0.2) is 79.4 Å². The fourth-order valence-electron chi connectivity index (χ4n) is 3.83. The molecule has 1 aromatic rings. The van der Waals surface area contributed by atoms with Crippen molar-refractivity contribution >= 4 is 22.0 Å². The van der Waals surface area contributed by atoms with Crippen LogP contribution in [0.3, 0.4) is 0 Å². The summed E-state index contributed by atoms with van der Waals surface area (Å²) < 4.78 is 45.3. The second kappa shape index (κ2) is 9.12. The highest BCUT2D eigenvalue weighted by atomic mass is 32.2. The number of piperazine rings is 1. The molecule has 2 aliphatic heterocycles. The lowest BCUT2D eigenvalue weighted by atomic mass is 9.96. The van der Waals surface area contributed by atoms with Gasteiger partial charge in [0.05, 0.1) is 10.8 Å². The molecule has 2 aliphatic rings. The summed E-state index contributed by atoms with van der Waals surface area (Å²) in [6.07, 6.45) is 0.987. The third kappa shape index (κ3) is 5.74. The summed E-state index contributed by atoms with van der Waals surface area (Å²) in [6, 6.07) is 4.73. The van der Waals surface area contributed by atoms with Gasteiger partial charge in [-0.2, -0.15) is 4.31 Å². The molecule has 2 amide bonds. The zero-order chi connectivity index (χ0) is 22.8. The van der Waals surface area contributed by atoms with E-state index in [1.165, 1.54) is 16.4 Å². The summed E-state index contributed by atoms with van der Waals surface area (Å²) in [5.41, 5.74) is -0.597. The van der Waals surface area contributed by atoms with Crippen molar-refractivity contribution in [2.75, 3.05) is 39.3 Å². The van der Waals surface area contributed by atoms with Gasteiger partial charge in [-0.25, -0.2) is 17.6 Å². The van der Waals surface area contributed by atoms with Crippen molar-refractivity contribution in [3.8, 4) is 0 Å². The van der Waals surface area contributed by atoms with Crippen LogP contribution in [0.4, 0.5) is 9.18 Å². The largest absolute Gasteiger partial charge is 0.444 e. The second-order valence-corrected chi connectivity index (χ2v) is 10.9. The van der Waals surface area contributed by atoms with Crippen LogP contribution in [0, 0.1) is 11.7 Å². The first kappa shape index (κ1) is 23.5. The Bertz CT molecular complexity index is 906. The molecule has 0 spiro atoms. The van der Waals surface area contributed by atoms with E-state index in [1.54, 1.807) is 30.6 Å². The predicted octanol–water partition coefficient (Wildman–Crippen LogP) is 2.31. The number of carbonyl (C=O) groups excluding carboxylic acids is 2. The molecule has 0 bridgehead atoms. The molecule has 1 atom stereocenters. The predicted molar refractivity (Wildman–Crippen MR) is 112 cm³/mol. The zero-order valence-corrected chi connectivity index (χ0v) is 19.0. The number of hydrogen-bond donors (Lipinski definition) is 0. The Morgan fingerprint density at radius 3 is 2.19 bits per heavy atom. The third-order valence-corrected chi connectivity index (χ3v) is 7.34. The SMILES string of the molecule is CC(C)(C)OC(=O)N1CCC[C@@H](C(=O)N2CCN(S(=O)(=O)c3ccc(F)cc3)CC2)C1. The molecule has 0 saturated carbocycles. The van der Waals surface area contributed by atoms with Gasteiger partial charge >= 0.3 is 6.09 Å². The maximum Gasteiger partial charge on any atom is 0.410 e. The Balaban J connectivity index is 1.57. The summed E-state index contributed by atoms with van der Waals surface area (Å²) in [6.45, 7) is 7.18. The van der Waals surface area contributed by atoms with E-state index in [4.69, 9.17) is 4.74 Å². The molecule has 0 N–H and O–H groups in total. The molecule has 172 valence electrons. The highest BCUT2D eigenvalue weighted by Crippen LogP contribution is 2.23. The van der Waals surface area contributed by atoms with E-state index in [0.717, 1.165) is 12.1 Å². The summed E-state index contributed by atoms with van der Waals surface area (Å²) in [7, 11) is -3.73. The van der Waals surface area contributed by atoms with Gasteiger partial charge in [-0.1, -0.05) is 0 Å². The van der Waals surface area contributed by atoms with E-state index in [1.807, 2.05) is 0 Å². The molecule has 0 radical (unpaired) electrons. The second-order valence-electron chi connectivity index (χ2n) is 8.95. The first-order valence-corrected chi connectivity index (χ1v) is 11.9. The number of benzene rings is 1. The lowest BCUT2D eigenvalue weighted by molar-refractivity contribution is -0.138. The Morgan fingerprint density at radius 2 is 1.61 bits per heavy atom. The number of ether oxygens (including phenoxy) is 1. The fraction of sp³-hybridized carbons (Fsp3) is 0.619. The van der Waals surface area contributed by atoms with Gasteiger partial charge in [-0.15, -0.1) is 0 Å². The van der Waals surface area contributed by atoms with Crippen LogP contribution in [0.1, 0.15) is 33.6 Å². The van der Waals surface area contributed by atoms with Gasteiger partial charge in [0, 0.05) is 39.3 Å². The van der Waals surface area contributed by atoms with Crippen molar-refractivity contribution < 1.29 is 27.1 Å². The third-order valence-electron chi connectivity index (χ3n) is 5.42. The van der Waals surface area contributed by atoms with E-state index >= 15 is 0 Å². The van der Waals surface area contributed by atoms with E-state index in [9.17, 15) is 22.4 Å². The molecule has 8 nitrogen and oxygen atoms in total. The number of amides is 2. The van der Waals surface area contributed by atoms with Crippen LogP contribution < -0.4 is 0 Å². The van der Waals surface area contributed by atoms with Crippen LogP contribution in [0.5, 0.6) is 0 Å².